The topological polar surface area (TPSA) is 9.23 Å². The highest BCUT2D eigenvalue weighted by atomic mass is 35.5. The van der Waals surface area contributed by atoms with Gasteiger partial charge in [0, 0.05) is 0 Å². The summed E-state index contributed by atoms with van der Waals surface area (Å²) in [4.78, 5) is 0. The largest absolute Gasteiger partial charge is 0.495 e. The lowest BCUT2D eigenvalue weighted by Crippen LogP contribution is -1.99. The third-order valence-electron chi connectivity index (χ3n) is 2.08. The lowest BCUT2D eigenvalue weighted by Gasteiger charge is -2.15. The fourth-order valence-electron chi connectivity index (χ4n) is 1.23. The number of halogens is 2. The Labute approximate surface area is 95.0 Å². The van der Waals surface area contributed by atoms with E-state index < -0.39 is 0 Å². The standard InChI is InChI=1S/C11H14Cl2O/c1-7(2)11(13)8-4-5-9(12)10(6-8)14-3/h4-7,11H,1-3H3. The van der Waals surface area contributed by atoms with Gasteiger partial charge in [-0.3, -0.25) is 0 Å². The molecule has 0 fully saturated rings. The van der Waals surface area contributed by atoms with Crippen molar-refractivity contribution in [2.75, 3.05) is 7.11 Å². The van der Waals surface area contributed by atoms with Gasteiger partial charge in [0.15, 0.2) is 0 Å². The van der Waals surface area contributed by atoms with E-state index in [-0.39, 0.29) is 5.38 Å². The molecule has 1 aromatic rings. The van der Waals surface area contributed by atoms with Crippen LogP contribution in [0, 0.1) is 5.92 Å². The van der Waals surface area contributed by atoms with Gasteiger partial charge in [-0.25, -0.2) is 0 Å². The SMILES string of the molecule is COc1cc(C(Cl)C(C)C)ccc1Cl. The highest BCUT2D eigenvalue weighted by Gasteiger charge is 2.13. The fourth-order valence-corrected chi connectivity index (χ4v) is 1.56. The second-order valence-electron chi connectivity index (χ2n) is 3.54. The first kappa shape index (κ1) is 11.7. The van der Waals surface area contributed by atoms with Crippen LogP contribution in [0.5, 0.6) is 5.75 Å². The molecule has 0 aliphatic rings. The minimum Gasteiger partial charge on any atom is -0.495 e. The van der Waals surface area contributed by atoms with E-state index >= 15 is 0 Å². The van der Waals surface area contributed by atoms with E-state index in [4.69, 9.17) is 27.9 Å². The van der Waals surface area contributed by atoms with E-state index in [0.717, 1.165) is 5.56 Å². The van der Waals surface area contributed by atoms with Crippen LogP contribution >= 0.6 is 23.2 Å². The van der Waals surface area contributed by atoms with Crippen LogP contribution in [-0.4, -0.2) is 7.11 Å². The maximum atomic E-state index is 6.22. The van der Waals surface area contributed by atoms with Crippen molar-refractivity contribution in [1.29, 1.82) is 0 Å². The number of hydrogen-bond acceptors (Lipinski definition) is 1. The zero-order chi connectivity index (χ0) is 10.7. The number of ether oxygens (including phenoxy) is 1. The summed E-state index contributed by atoms with van der Waals surface area (Å²) in [5.74, 6) is 1.07. The van der Waals surface area contributed by atoms with E-state index in [1.165, 1.54) is 0 Å². The molecule has 3 heteroatoms. The van der Waals surface area contributed by atoms with Crippen molar-refractivity contribution in [3.63, 3.8) is 0 Å². The highest BCUT2D eigenvalue weighted by Crippen LogP contribution is 2.33. The Morgan fingerprint density at radius 2 is 1.93 bits per heavy atom. The molecule has 0 aromatic heterocycles. The minimum atomic E-state index is 0.00108. The molecule has 0 saturated heterocycles. The molecule has 1 rings (SSSR count). The first-order valence-electron chi connectivity index (χ1n) is 4.53. The van der Waals surface area contributed by atoms with Crippen molar-refractivity contribution < 1.29 is 4.74 Å². The zero-order valence-electron chi connectivity index (χ0n) is 8.55. The summed E-state index contributed by atoms with van der Waals surface area (Å²) < 4.78 is 5.12. The van der Waals surface area contributed by atoms with Crippen LogP contribution in [0.25, 0.3) is 0 Å². The molecule has 1 aromatic carbocycles. The third kappa shape index (κ3) is 2.55. The Kier molecular flexibility index (Phi) is 4.09. The van der Waals surface area contributed by atoms with Crippen LogP contribution in [0.4, 0.5) is 0 Å². The van der Waals surface area contributed by atoms with E-state index in [2.05, 4.69) is 13.8 Å². The van der Waals surface area contributed by atoms with Crippen LogP contribution in [0.15, 0.2) is 18.2 Å². The number of benzene rings is 1. The van der Waals surface area contributed by atoms with Crippen molar-refractivity contribution >= 4 is 23.2 Å². The maximum absolute atomic E-state index is 6.22. The summed E-state index contributed by atoms with van der Waals surface area (Å²) in [7, 11) is 1.60. The predicted molar refractivity (Wildman–Crippen MR) is 61.4 cm³/mol. The molecular weight excluding hydrogens is 219 g/mol. The second-order valence-corrected chi connectivity index (χ2v) is 4.42. The van der Waals surface area contributed by atoms with Gasteiger partial charge in [0.05, 0.1) is 17.5 Å². The zero-order valence-corrected chi connectivity index (χ0v) is 10.1. The number of methoxy groups -OCH3 is 1. The molecule has 78 valence electrons. The van der Waals surface area contributed by atoms with Crippen molar-refractivity contribution in [3.8, 4) is 5.75 Å². The number of hydrogen-bond donors (Lipinski definition) is 0. The summed E-state index contributed by atoms with van der Waals surface area (Å²) in [6, 6.07) is 5.63. The summed E-state index contributed by atoms with van der Waals surface area (Å²) >= 11 is 12.1. The Morgan fingerprint density at radius 1 is 1.29 bits per heavy atom. The molecular formula is C11H14Cl2O. The quantitative estimate of drug-likeness (QED) is 0.708. The van der Waals surface area contributed by atoms with Gasteiger partial charge in [0.25, 0.3) is 0 Å². The molecule has 0 heterocycles. The Balaban J connectivity index is 3.00. The van der Waals surface area contributed by atoms with Gasteiger partial charge in [0.2, 0.25) is 0 Å². The molecule has 1 atom stereocenters. The smallest absolute Gasteiger partial charge is 0.137 e. The molecule has 0 radical (unpaired) electrons. The molecule has 0 amide bonds. The Hall–Kier alpha value is -0.400. The monoisotopic (exact) mass is 232 g/mol. The Morgan fingerprint density at radius 3 is 2.43 bits per heavy atom. The van der Waals surface area contributed by atoms with Gasteiger partial charge in [-0.05, 0) is 23.6 Å². The minimum absolute atomic E-state index is 0.00108. The highest BCUT2D eigenvalue weighted by molar-refractivity contribution is 6.32. The molecule has 0 aliphatic carbocycles. The second kappa shape index (κ2) is 4.90. The van der Waals surface area contributed by atoms with Crippen molar-refractivity contribution in [2.45, 2.75) is 19.2 Å². The van der Waals surface area contributed by atoms with Crippen LogP contribution in [0.3, 0.4) is 0 Å². The van der Waals surface area contributed by atoms with Crippen LogP contribution < -0.4 is 4.74 Å². The maximum Gasteiger partial charge on any atom is 0.137 e. The molecule has 0 spiro atoms. The summed E-state index contributed by atoms with van der Waals surface area (Å²) in [6.07, 6.45) is 0. The molecule has 0 bridgehead atoms. The van der Waals surface area contributed by atoms with Crippen molar-refractivity contribution in [3.05, 3.63) is 28.8 Å². The van der Waals surface area contributed by atoms with Gasteiger partial charge in [-0.15, -0.1) is 11.6 Å². The number of rotatable bonds is 3. The van der Waals surface area contributed by atoms with Gasteiger partial charge in [-0.2, -0.15) is 0 Å². The van der Waals surface area contributed by atoms with Crippen molar-refractivity contribution in [2.24, 2.45) is 5.92 Å². The van der Waals surface area contributed by atoms with E-state index in [9.17, 15) is 0 Å². The van der Waals surface area contributed by atoms with Gasteiger partial charge < -0.3 is 4.74 Å². The molecule has 0 saturated carbocycles. The predicted octanol–water partition coefficient (Wildman–Crippen LogP) is 4.28. The van der Waals surface area contributed by atoms with E-state index in [1.54, 1.807) is 7.11 Å². The molecule has 14 heavy (non-hydrogen) atoms. The molecule has 0 N–H and O–H groups in total. The van der Waals surface area contributed by atoms with Crippen molar-refractivity contribution in [1.82, 2.24) is 0 Å². The van der Waals surface area contributed by atoms with E-state index in [1.807, 2.05) is 18.2 Å². The van der Waals surface area contributed by atoms with E-state index in [0.29, 0.717) is 16.7 Å². The third-order valence-corrected chi connectivity index (χ3v) is 3.15. The average Bonchev–Trinajstić information content (AvgIpc) is 2.17. The summed E-state index contributed by atoms with van der Waals surface area (Å²) in [6.45, 7) is 4.16. The first-order chi connectivity index (χ1) is 6.56. The van der Waals surface area contributed by atoms with Crippen LogP contribution in [0.1, 0.15) is 24.8 Å². The average molecular weight is 233 g/mol. The number of alkyl halides is 1. The summed E-state index contributed by atoms with van der Waals surface area (Å²) in [5, 5.41) is 0.616. The van der Waals surface area contributed by atoms with Gasteiger partial charge in [-0.1, -0.05) is 31.5 Å². The lowest BCUT2D eigenvalue weighted by atomic mass is 10.0. The van der Waals surface area contributed by atoms with Gasteiger partial charge in [0.1, 0.15) is 5.75 Å². The lowest BCUT2D eigenvalue weighted by molar-refractivity contribution is 0.414. The fraction of sp³-hybridized carbons (Fsp3) is 0.455. The van der Waals surface area contributed by atoms with Gasteiger partial charge >= 0.3 is 0 Å². The molecule has 1 nitrogen and oxygen atoms in total. The van der Waals surface area contributed by atoms with Crippen LogP contribution in [0.2, 0.25) is 5.02 Å². The summed E-state index contributed by atoms with van der Waals surface area (Å²) in [5.41, 5.74) is 1.04. The molecule has 0 aliphatic heterocycles. The normalized spacial score (nSPS) is 13.0. The van der Waals surface area contributed by atoms with Crippen LogP contribution in [-0.2, 0) is 0 Å². The molecule has 1 unspecified atom stereocenters. The first-order valence-corrected chi connectivity index (χ1v) is 5.35. The Bertz CT molecular complexity index is 310.